The van der Waals surface area contributed by atoms with Crippen LogP contribution in [0.25, 0.3) is 5.69 Å². The third kappa shape index (κ3) is 2.83. The first-order valence-corrected chi connectivity index (χ1v) is 6.78. The average molecular weight is 284 g/mol. The molecular formula is C16H14ClN3. The van der Waals surface area contributed by atoms with E-state index in [4.69, 9.17) is 11.6 Å². The van der Waals surface area contributed by atoms with E-state index < -0.39 is 0 Å². The Morgan fingerprint density at radius 3 is 2.50 bits per heavy atom. The van der Waals surface area contributed by atoms with Crippen LogP contribution in [0, 0.1) is 0 Å². The summed E-state index contributed by atoms with van der Waals surface area (Å²) in [5.41, 5.74) is 3.20. The van der Waals surface area contributed by atoms with Gasteiger partial charge in [0.25, 0.3) is 0 Å². The number of nitrogens with one attached hydrogen (secondary N) is 1. The molecule has 0 amide bonds. The number of aromatic nitrogens is 2. The number of hydrogen-bond donors (Lipinski definition) is 1. The zero-order chi connectivity index (χ0) is 13.8. The molecule has 0 bridgehead atoms. The summed E-state index contributed by atoms with van der Waals surface area (Å²) in [5.74, 6) is 0. The lowest BCUT2D eigenvalue weighted by Crippen LogP contribution is -2.00. The highest BCUT2D eigenvalue weighted by Crippen LogP contribution is 2.21. The van der Waals surface area contributed by atoms with Gasteiger partial charge in [-0.25, -0.2) is 4.68 Å². The quantitative estimate of drug-likeness (QED) is 0.780. The summed E-state index contributed by atoms with van der Waals surface area (Å²) in [4.78, 5) is 0. The van der Waals surface area contributed by atoms with Crippen molar-refractivity contribution in [2.75, 3.05) is 5.32 Å². The van der Waals surface area contributed by atoms with Crippen LogP contribution < -0.4 is 5.32 Å². The van der Waals surface area contributed by atoms with Gasteiger partial charge in [-0.15, -0.1) is 0 Å². The van der Waals surface area contributed by atoms with Crippen molar-refractivity contribution in [2.45, 2.75) is 6.54 Å². The maximum absolute atomic E-state index is 6.11. The van der Waals surface area contributed by atoms with Gasteiger partial charge >= 0.3 is 0 Å². The largest absolute Gasteiger partial charge is 0.380 e. The van der Waals surface area contributed by atoms with E-state index in [-0.39, 0.29) is 0 Å². The SMILES string of the molecule is Clc1ccccc1NCc1ccc(-n2cccn2)cc1. The molecule has 0 aliphatic heterocycles. The highest BCUT2D eigenvalue weighted by atomic mass is 35.5. The fourth-order valence-corrected chi connectivity index (χ4v) is 2.19. The van der Waals surface area contributed by atoms with Crippen LogP contribution in [0.15, 0.2) is 67.0 Å². The number of anilines is 1. The number of halogens is 1. The lowest BCUT2D eigenvalue weighted by molar-refractivity contribution is 0.879. The molecule has 0 radical (unpaired) electrons. The maximum atomic E-state index is 6.11. The number of hydrogen-bond acceptors (Lipinski definition) is 2. The first-order chi connectivity index (χ1) is 9.83. The normalized spacial score (nSPS) is 10.4. The lowest BCUT2D eigenvalue weighted by atomic mass is 10.2. The summed E-state index contributed by atoms with van der Waals surface area (Å²) in [7, 11) is 0. The van der Waals surface area contributed by atoms with Crippen molar-refractivity contribution in [3.8, 4) is 5.69 Å². The third-order valence-corrected chi connectivity index (χ3v) is 3.39. The number of para-hydroxylation sites is 1. The van der Waals surface area contributed by atoms with E-state index in [1.54, 1.807) is 6.20 Å². The van der Waals surface area contributed by atoms with E-state index in [9.17, 15) is 0 Å². The summed E-state index contributed by atoms with van der Waals surface area (Å²) >= 11 is 6.11. The van der Waals surface area contributed by atoms with Crippen LogP contribution in [0.5, 0.6) is 0 Å². The molecule has 1 aromatic heterocycles. The molecule has 1 heterocycles. The van der Waals surface area contributed by atoms with Gasteiger partial charge < -0.3 is 5.32 Å². The van der Waals surface area contributed by atoms with Gasteiger partial charge in [0.2, 0.25) is 0 Å². The summed E-state index contributed by atoms with van der Waals surface area (Å²) in [5, 5.41) is 8.27. The molecular weight excluding hydrogens is 270 g/mol. The van der Waals surface area contributed by atoms with Crippen molar-refractivity contribution in [1.29, 1.82) is 0 Å². The van der Waals surface area contributed by atoms with Gasteiger partial charge in [0.1, 0.15) is 0 Å². The van der Waals surface area contributed by atoms with E-state index >= 15 is 0 Å². The summed E-state index contributed by atoms with van der Waals surface area (Å²) in [6, 6.07) is 17.9. The fourth-order valence-electron chi connectivity index (χ4n) is 1.99. The highest BCUT2D eigenvalue weighted by Gasteiger charge is 2.00. The first kappa shape index (κ1) is 12.8. The molecule has 2 aromatic carbocycles. The Hall–Kier alpha value is -2.26. The molecule has 0 unspecified atom stereocenters. The Morgan fingerprint density at radius 2 is 1.80 bits per heavy atom. The van der Waals surface area contributed by atoms with Crippen LogP contribution in [0.1, 0.15) is 5.56 Å². The molecule has 3 aromatic rings. The van der Waals surface area contributed by atoms with E-state index in [0.29, 0.717) is 0 Å². The minimum atomic E-state index is 0.737. The van der Waals surface area contributed by atoms with E-state index in [1.165, 1.54) is 5.56 Å². The van der Waals surface area contributed by atoms with Crippen molar-refractivity contribution in [1.82, 2.24) is 9.78 Å². The molecule has 0 fully saturated rings. The molecule has 3 nitrogen and oxygen atoms in total. The molecule has 4 heteroatoms. The van der Waals surface area contributed by atoms with E-state index in [2.05, 4.69) is 34.7 Å². The molecule has 20 heavy (non-hydrogen) atoms. The van der Waals surface area contributed by atoms with Crippen LogP contribution in [-0.2, 0) is 6.54 Å². The number of rotatable bonds is 4. The predicted octanol–water partition coefficient (Wildman–Crippen LogP) is 4.14. The Bertz CT molecular complexity index is 675. The topological polar surface area (TPSA) is 29.9 Å². The van der Waals surface area contributed by atoms with Crippen molar-refractivity contribution < 1.29 is 0 Å². The smallest absolute Gasteiger partial charge is 0.0645 e. The van der Waals surface area contributed by atoms with Crippen molar-refractivity contribution in [3.63, 3.8) is 0 Å². The lowest BCUT2D eigenvalue weighted by Gasteiger charge is -2.09. The Kier molecular flexibility index (Phi) is 3.70. The predicted molar refractivity (Wildman–Crippen MR) is 82.3 cm³/mol. The maximum Gasteiger partial charge on any atom is 0.0645 e. The van der Waals surface area contributed by atoms with Gasteiger partial charge in [-0.05, 0) is 35.9 Å². The van der Waals surface area contributed by atoms with Gasteiger partial charge in [0, 0.05) is 18.9 Å². The fraction of sp³-hybridized carbons (Fsp3) is 0.0625. The first-order valence-electron chi connectivity index (χ1n) is 6.40. The van der Waals surface area contributed by atoms with Crippen molar-refractivity contribution in [2.24, 2.45) is 0 Å². The van der Waals surface area contributed by atoms with Crippen LogP contribution >= 0.6 is 11.6 Å². The average Bonchev–Trinajstić information content (AvgIpc) is 3.01. The Labute approximate surface area is 122 Å². The molecule has 0 atom stereocenters. The van der Waals surface area contributed by atoms with Crippen LogP contribution in [0.3, 0.4) is 0 Å². The van der Waals surface area contributed by atoms with Gasteiger partial charge in [-0.1, -0.05) is 35.9 Å². The molecule has 0 spiro atoms. The van der Waals surface area contributed by atoms with Gasteiger partial charge in [-0.3, -0.25) is 0 Å². The molecule has 0 saturated heterocycles. The van der Waals surface area contributed by atoms with E-state index in [0.717, 1.165) is 22.9 Å². The van der Waals surface area contributed by atoms with Gasteiger partial charge in [0.15, 0.2) is 0 Å². The number of benzene rings is 2. The van der Waals surface area contributed by atoms with Crippen LogP contribution in [0.2, 0.25) is 5.02 Å². The zero-order valence-corrected chi connectivity index (χ0v) is 11.6. The molecule has 1 N–H and O–H groups in total. The van der Waals surface area contributed by atoms with E-state index in [1.807, 2.05) is 41.2 Å². The second-order valence-corrected chi connectivity index (χ2v) is 4.86. The Balaban J connectivity index is 1.68. The molecule has 100 valence electrons. The summed E-state index contributed by atoms with van der Waals surface area (Å²) in [6.45, 7) is 0.739. The Morgan fingerprint density at radius 1 is 1.00 bits per heavy atom. The second kappa shape index (κ2) is 5.80. The third-order valence-electron chi connectivity index (χ3n) is 3.06. The monoisotopic (exact) mass is 283 g/mol. The van der Waals surface area contributed by atoms with Crippen LogP contribution in [-0.4, -0.2) is 9.78 Å². The molecule has 0 aliphatic rings. The van der Waals surface area contributed by atoms with Crippen molar-refractivity contribution >= 4 is 17.3 Å². The number of nitrogens with zero attached hydrogens (tertiary/aromatic N) is 2. The zero-order valence-electron chi connectivity index (χ0n) is 10.8. The highest BCUT2D eigenvalue weighted by molar-refractivity contribution is 6.33. The minimum Gasteiger partial charge on any atom is -0.380 e. The molecule has 0 aliphatic carbocycles. The standard InChI is InChI=1S/C16H14ClN3/c17-15-4-1-2-5-16(15)18-12-13-6-8-14(9-7-13)20-11-3-10-19-20/h1-11,18H,12H2. The van der Waals surface area contributed by atoms with Crippen LogP contribution in [0.4, 0.5) is 5.69 Å². The van der Waals surface area contributed by atoms with Gasteiger partial charge in [0.05, 0.1) is 16.4 Å². The summed E-state index contributed by atoms with van der Waals surface area (Å²) in [6.07, 6.45) is 3.70. The second-order valence-electron chi connectivity index (χ2n) is 4.45. The summed E-state index contributed by atoms with van der Waals surface area (Å²) < 4.78 is 1.84. The minimum absolute atomic E-state index is 0.737. The van der Waals surface area contributed by atoms with Crippen molar-refractivity contribution in [3.05, 3.63) is 77.6 Å². The van der Waals surface area contributed by atoms with Gasteiger partial charge in [-0.2, -0.15) is 5.10 Å². The molecule has 0 saturated carbocycles. The molecule has 3 rings (SSSR count).